The summed E-state index contributed by atoms with van der Waals surface area (Å²) in [6.45, 7) is 1.36. The number of likely N-dealkylation sites (tertiary alicyclic amines) is 1. The molecule has 8 heteroatoms. The van der Waals surface area contributed by atoms with Crippen LogP contribution in [-0.2, 0) is 17.8 Å². The normalized spacial score (nSPS) is 17.7. The Labute approximate surface area is 202 Å². The molecule has 35 heavy (non-hydrogen) atoms. The average molecular weight is 468 g/mol. The number of hydrogen-bond donors (Lipinski definition) is 0. The second-order valence-corrected chi connectivity index (χ2v) is 9.49. The SMILES string of the molecule is N#CCn1nc(CC2CCN(C(=O)C3CC3)C2)n(-c2ccc(-c3ccc4occc4c3)cc2)c1=O. The van der Waals surface area contributed by atoms with E-state index in [1.165, 1.54) is 4.68 Å². The fraction of sp³-hybridized carbons (Fsp3) is 0.333. The van der Waals surface area contributed by atoms with Crippen LogP contribution in [0.25, 0.3) is 27.8 Å². The fourth-order valence-electron chi connectivity index (χ4n) is 5.01. The molecule has 8 nitrogen and oxygen atoms in total. The Hall–Kier alpha value is -4.12. The van der Waals surface area contributed by atoms with Gasteiger partial charge in [0.15, 0.2) is 0 Å². The van der Waals surface area contributed by atoms with Gasteiger partial charge < -0.3 is 9.32 Å². The molecule has 176 valence electrons. The number of hydrogen-bond acceptors (Lipinski definition) is 5. The first kappa shape index (κ1) is 21.4. The van der Waals surface area contributed by atoms with Gasteiger partial charge in [0.25, 0.3) is 0 Å². The Balaban J connectivity index is 1.28. The van der Waals surface area contributed by atoms with Crippen molar-refractivity contribution < 1.29 is 9.21 Å². The van der Waals surface area contributed by atoms with Gasteiger partial charge in [-0.15, -0.1) is 0 Å². The van der Waals surface area contributed by atoms with Crippen molar-refractivity contribution in [3.8, 4) is 22.9 Å². The van der Waals surface area contributed by atoms with Crippen LogP contribution in [0.4, 0.5) is 0 Å². The highest BCUT2D eigenvalue weighted by atomic mass is 16.3. The van der Waals surface area contributed by atoms with E-state index in [1.54, 1.807) is 10.8 Å². The number of nitriles is 1. The summed E-state index contributed by atoms with van der Waals surface area (Å²) in [6.07, 6.45) is 5.16. The van der Waals surface area contributed by atoms with E-state index in [0.717, 1.165) is 47.9 Å². The minimum absolute atomic E-state index is 0.0986. The number of aromatic nitrogens is 3. The van der Waals surface area contributed by atoms with Crippen LogP contribution in [0.15, 0.2) is 64.0 Å². The van der Waals surface area contributed by atoms with E-state index < -0.39 is 0 Å². The topological polar surface area (TPSA) is 97.1 Å². The number of carbonyl (C=O) groups is 1. The van der Waals surface area contributed by atoms with E-state index in [4.69, 9.17) is 9.68 Å². The van der Waals surface area contributed by atoms with Gasteiger partial charge in [0.05, 0.1) is 18.0 Å². The van der Waals surface area contributed by atoms with Crippen LogP contribution in [-0.4, -0.2) is 38.2 Å². The van der Waals surface area contributed by atoms with Crippen molar-refractivity contribution in [3.63, 3.8) is 0 Å². The number of rotatable bonds is 6. The number of fused-ring (bicyclic) bond motifs is 1. The Morgan fingerprint density at radius 2 is 1.89 bits per heavy atom. The van der Waals surface area contributed by atoms with Crippen molar-refractivity contribution >= 4 is 16.9 Å². The third kappa shape index (κ3) is 4.03. The summed E-state index contributed by atoms with van der Waals surface area (Å²) in [7, 11) is 0. The molecule has 1 saturated heterocycles. The van der Waals surface area contributed by atoms with Crippen LogP contribution in [0, 0.1) is 23.2 Å². The molecule has 1 unspecified atom stereocenters. The Morgan fingerprint density at radius 1 is 1.09 bits per heavy atom. The van der Waals surface area contributed by atoms with Crippen molar-refractivity contribution in [1.29, 1.82) is 5.26 Å². The minimum Gasteiger partial charge on any atom is -0.464 e. The van der Waals surface area contributed by atoms with Crippen molar-refractivity contribution in [2.24, 2.45) is 11.8 Å². The van der Waals surface area contributed by atoms with E-state index in [9.17, 15) is 9.59 Å². The summed E-state index contributed by atoms with van der Waals surface area (Å²) < 4.78 is 8.25. The quantitative estimate of drug-likeness (QED) is 0.430. The van der Waals surface area contributed by atoms with E-state index in [0.29, 0.717) is 24.5 Å². The highest BCUT2D eigenvalue weighted by molar-refractivity contribution is 5.83. The summed E-state index contributed by atoms with van der Waals surface area (Å²) in [6, 6.07) is 17.8. The third-order valence-electron chi connectivity index (χ3n) is 7.03. The molecule has 0 N–H and O–H groups in total. The molecule has 4 aromatic rings. The number of furan rings is 1. The monoisotopic (exact) mass is 467 g/mol. The molecule has 1 amide bonds. The lowest BCUT2D eigenvalue weighted by atomic mass is 10.0. The van der Waals surface area contributed by atoms with Crippen LogP contribution >= 0.6 is 0 Å². The van der Waals surface area contributed by atoms with E-state index >= 15 is 0 Å². The van der Waals surface area contributed by atoms with Crippen molar-refractivity contribution in [2.75, 3.05) is 13.1 Å². The summed E-state index contributed by atoms with van der Waals surface area (Å²) in [5.74, 6) is 1.36. The van der Waals surface area contributed by atoms with Gasteiger partial charge in [-0.1, -0.05) is 18.2 Å². The molecule has 0 spiro atoms. The molecule has 1 aliphatic carbocycles. The van der Waals surface area contributed by atoms with Crippen LogP contribution in [0.2, 0.25) is 0 Å². The molecule has 2 aromatic carbocycles. The van der Waals surface area contributed by atoms with Gasteiger partial charge in [0.2, 0.25) is 5.91 Å². The zero-order valence-electron chi connectivity index (χ0n) is 19.3. The highest BCUT2D eigenvalue weighted by Gasteiger charge is 2.37. The standard InChI is InChI=1S/C27H25N5O3/c28-11-13-31-27(34)32(25(29-31)15-18-9-12-30(17-18)26(33)20-1-2-20)23-6-3-19(4-7-23)21-5-8-24-22(16-21)10-14-35-24/h3-8,10,14,16,18,20H,1-2,9,12-13,15,17H2. The third-order valence-corrected chi connectivity index (χ3v) is 7.03. The predicted octanol–water partition coefficient (Wildman–Crippen LogP) is 3.77. The van der Waals surface area contributed by atoms with Gasteiger partial charge in [-0.2, -0.15) is 15.0 Å². The molecule has 3 heterocycles. The Morgan fingerprint density at radius 3 is 2.66 bits per heavy atom. The van der Waals surface area contributed by atoms with Gasteiger partial charge in [-0.05, 0) is 66.6 Å². The first-order valence-electron chi connectivity index (χ1n) is 12.0. The lowest BCUT2D eigenvalue weighted by molar-refractivity contribution is -0.131. The number of carbonyl (C=O) groups excluding carboxylic acids is 1. The summed E-state index contributed by atoms with van der Waals surface area (Å²) in [5, 5.41) is 14.7. The minimum atomic E-state index is -0.321. The Bertz CT molecular complexity index is 1500. The molecular weight excluding hydrogens is 442 g/mol. The summed E-state index contributed by atoms with van der Waals surface area (Å²) in [5.41, 5.74) is 3.32. The molecule has 1 aliphatic heterocycles. The average Bonchev–Trinajstić information content (AvgIpc) is 3.30. The van der Waals surface area contributed by atoms with E-state index in [2.05, 4.69) is 11.2 Å². The highest BCUT2D eigenvalue weighted by Crippen LogP contribution is 2.33. The second-order valence-electron chi connectivity index (χ2n) is 9.49. The van der Waals surface area contributed by atoms with Gasteiger partial charge >= 0.3 is 5.69 Å². The van der Waals surface area contributed by atoms with E-state index in [-0.39, 0.29) is 30.0 Å². The smallest absolute Gasteiger partial charge is 0.351 e. The van der Waals surface area contributed by atoms with E-state index in [1.807, 2.05) is 53.4 Å². The first-order valence-corrected chi connectivity index (χ1v) is 12.0. The molecule has 2 fully saturated rings. The van der Waals surface area contributed by atoms with Crippen LogP contribution in [0.1, 0.15) is 25.1 Å². The van der Waals surface area contributed by atoms with Crippen LogP contribution < -0.4 is 5.69 Å². The van der Waals surface area contributed by atoms with Crippen molar-refractivity contribution in [1.82, 2.24) is 19.2 Å². The van der Waals surface area contributed by atoms with Crippen molar-refractivity contribution in [2.45, 2.75) is 32.2 Å². The van der Waals surface area contributed by atoms with Gasteiger partial charge in [-0.3, -0.25) is 4.79 Å². The lowest BCUT2D eigenvalue weighted by Gasteiger charge is -2.16. The van der Waals surface area contributed by atoms with Gasteiger partial charge in [0, 0.05) is 30.8 Å². The molecule has 6 rings (SSSR count). The molecule has 0 radical (unpaired) electrons. The zero-order chi connectivity index (χ0) is 23.9. The number of nitrogens with zero attached hydrogens (tertiary/aromatic N) is 5. The maximum atomic E-state index is 13.1. The molecule has 1 saturated carbocycles. The van der Waals surface area contributed by atoms with Gasteiger partial charge in [-0.25, -0.2) is 9.36 Å². The van der Waals surface area contributed by atoms with Gasteiger partial charge in [0.1, 0.15) is 18.0 Å². The number of benzene rings is 2. The molecule has 0 bridgehead atoms. The predicted molar refractivity (Wildman–Crippen MR) is 130 cm³/mol. The molecule has 2 aromatic heterocycles. The first-order chi connectivity index (χ1) is 17.1. The molecular formula is C27H25N5O3. The Kier molecular flexibility index (Phi) is 5.25. The largest absolute Gasteiger partial charge is 0.464 e. The maximum Gasteiger partial charge on any atom is 0.351 e. The summed E-state index contributed by atoms with van der Waals surface area (Å²) >= 11 is 0. The van der Waals surface area contributed by atoms with Crippen LogP contribution in [0.3, 0.4) is 0 Å². The zero-order valence-corrected chi connectivity index (χ0v) is 19.3. The maximum absolute atomic E-state index is 13.1. The fourth-order valence-corrected chi connectivity index (χ4v) is 5.01. The lowest BCUT2D eigenvalue weighted by Crippen LogP contribution is -2.30. The molecule has 2 aliphatic rings. The van der Waals surface area contributed by atoms with Crippen LogP contribution in [0.5, 0.6) is 0 Å². The number of amides is 1. The van der Waals surface area contributed by atoms with Crippen molar-refractivity contribution in [3.05, 3.63) is 71.1 Å². The second kappa shape index (κ2) is 8.58. The summed E-state index contributed by atoms with van der Waals surface area (Å²) in [4.78, 5) is 27.5. The molecule has 1 atom stereocenters.